The highest BCUT2D eigenvalue weighted by Gasteiger charge is 2.05. The molecule has 0 bridgehead atoms. The van der Waals surface area contributed by atoms with Gasteiger partial charge < -0.3 is 10.5 Å². The predicted octanol–water partition coefficient (Wildman–Crippen LogP) is 0.275. The molecule has 74 valence electrons. The summed E-state index contributed by atoms with van der Waals surface area (Å²) in [6.45, 7) is 0.0625. The molecule has 5 heteroatoms. The van der Waals surface area contributed by atoms with Gasteiger partial charge in [-0.1, -0.05) is 18.2 Å². The lowest BCUT2D eigenvalue weighted by molar-refractivity contribution is -0.106. The third-order valence-electron chi connectivity index (χ3n) is 1.57. The molecule has 0 atom stereocenters. The van der Waals surface area contributed by atoms with Crippen LogP contribution in [-0.4, -0.2) is 18.9 Å². The number of anilines is 1. The zero-order valence-corrected chi connectivity index (χ0v) is 7.51. The number of hydrogen-bond donors (Lipinski definition) is 2. The maximum atomic E-state index is 10.6. The molecular weight excluding hydrogens is 182 g/mol. The summed E-state index contributed by atoms with van der Waals surface area (Å²) >= 11 is 0. The smallest absolute Gasteiger partial charge is 0.330 e. The number of aldehydes is 1. The molecule has 1 rings (SSSR count). The van der Waals surface area contributed by atoms with Crippen LogP contribution < -0.4 is 16.2 Å². The Labute approximate surface area is 81.5 Å². The van der Waals surface area contributed by atoms with Gasteiger partial charge in [0.1, 0.15) is 6.29 Å². The normalized spacial score (nSPS) is 9.14. The van der Waals surface area contributed by atoms with E-state index < -0.39 is 6.03 Å². The molecule has 0 fully saturated rings. The summed E-state index contributed by atoms with van der Waals surface area (Å²) in [6.07, 6.45) is 0.683. The van der Waals surface area contributed by atoms with Crippen LogP contribution in [0, 0.1) is 0 Å². The van der Waals surface area contributed by atoms with E-state index >= 15 is 0 Å². The Hall–Kier alpha value is -2.04. The van der Waals surface area contributed by atoms with Gasteiger partial charge in [0.2, 0.25) is 0 Å². The molecule has 0 heterocycles. The molecule has 0 aliphatic rings. The van der Waals surface area contributed by atoms with Crippen molar-refractivity contribution in [3.63, 3.8) is 0 Å². The summed E-state index contributed by atoms with van der Waals surface area (Å²) in [6, 6.07) is 8.27. The van der Waals surface area contributed by atoms with Crippen molar-refractivity contribution < 1.29 is 9.59 Å². The largest absolute Gasteiger partial charge is 0.350 e. The molecule has 2 amide bonds. The Morgan fingerprint density at radius 1 is 1.43 bits per heavy atom. The Balaban J connectivity index is 2.77. The number of nitrogens with two attached hydrogens (primary N) is 1. The summed E-state index contributed by atoms with van der Waals surface area (Å²) in [5.74, 6) is 0. The first-order valence-electron chi connectivity index (χ1n) is 4.06. The van der Waals surface area contributed by atoms with Gasteiger partial charge in [0.05, 0.1) is 12.2 Å². The van der Waals surface area contributed by atoms with Crippen LogP contribution in [-0.2, 0) is 4.79 Å². The lowest BCUT2D eigenvalue weighted by atomic mass is 10.3. The van der Waals surface area contributed by atoms with Crippen molar-refractivity contribution in [2.45, 2.75) is 0 Å². The van der Waals surface area contributed by atoms with Crippen LogP contribution in [0.4, 0.5) is 10.5 Å². The van der Waals surface area contributed by atoms with Gasteiger partial charge in [0.15, 0.2) is 0 Å². The van der Waals surface area contributed by atoms with Crippen molar-refractivity contribution in [1.29, 1.82) is 0 Å². The molecule has 0 saturated heterocycles. The third-order valence-corrected chi connectivity index (χ3v) is 1.57. The van der Waals surface area contributed by atoms with Crippen molar-refractivity contribution in [2.24, 2.45) is 5.73 Å². The van der Waals surface area contributed by atoms with Crippen LogP contribution in [0.5, 0.6) is 0 Å². The van der Waals surface area contributed by atoms with Crippen LogP contribution in [0.15, 0.2) is 30.3 Å². The maximum Gasteiger partial charge on any atom is 0.330 e. The minimum atomic E-state index is -0.698. The SMILES string of the molecule is NC(=O)NN(CC=O)c1ccccc1. The van der Waals surface area contributed by atoms with E-state index in [2.05, 4.69) is 5.43 Å². The maximum absolute atomic E-state index is 10.6. The molecule has 0 saturated carbocycles. The molecule has 0 unspecified atom stereocenters. The van der Waals surface area contributed by atoms with E-state index in [-0.39, 0.29) is 6.54 Å². The van der Waals surface area contributed by atoms with Crippen molar-refractivity contribution in [3.8, 4) is 0 Å². The van der Waals surface area contributed by atoms with Crippen LogP contribution in [0.1, 0.15) is 0 Å². The average Bonchev–Trinajstić information content (AvgIpc) is 2.18. The first-order valence-corrected chi connectivity index (χ1v) is 4.06. The molecule has 3 N–H and O–H groups in total. The van der Waals surface area contributed by atoms with Crippen molar-refractivity contribution in [2.75, 3.05) is 11.6 Å². The Morgan fingerprint density at radius 2 is 2.07 bits per heavy atom. The molecule has 0 aromatic heterocycles. The molecule has 0 aliphatic heterocycles. The number of hydrogen-bond acceptors (Lipinski definition) is 3. The number of carbonyl (C=O) groups excluding carboxylic acids is 2. The fourth-order valence-electron chi connectivity index (χ4n) is 1.03. The molecule has 1 aromatic carbocycles. The zero-order valence-electron chi connectivity index (χ0n) is 7.51. The second-order valence-corrected chi connectivity index (χ2v) is 2.59. The van der Waals surface area contributed by atoms with Crippen molar-refractivity contribution >= 4 is 18.0 Å². The number of amides is 2. The summed E-state index contributed by atoms with van der Waals surface area (Å²) in [5, 5.41) is 1.37. The van der Waals surface area contributed by atoms with Crippen LogP contribution >= 0.6 is 0 Å². The van der Waals surface area contributed by atoms with E-state index in [1.54, 1.807) is 24.3 Å². The van der Waals surface area contributed by atoms with Gasteiger partial charge in [-0.3, -0.25) is 5.01 Å². The average molecular weight is 193 g/mol. The topological polar surface area (TPSA) is 75.4 Å². The van der Waals surface area contributed by atoms with Gasteiger partial charge in [0.25, 0.3) is 0 Å². The zero-order chi connectivity index (χ0) is 10.4. The monoisotopic (exact) mass is 193 g/mol. The van der Waals surface area contributed by atoms with Gasteiger partial charge >= 0.3 is 6.03 Å². The highest BCUT2D eigenvalue weighted by molar-refractivity contribution is 5.75. The lowest BCUT2D eigenvalue weighted by Gasteiger charge is -2.21. The Morgan fingerprint density at radius 3 is 2.57 bits per heavy atom. The van der Waals surface area contributed by atoms with Gasteiger partial charge in [-0.25, -0.2) is 10.2 Å². The highest BCUT2D eigenvalue weighted by Crippen LogP contribution is 2.09. The van der Waals surface area contributed by atoms with E-state index in [0.29, 0.717) is 12.0 Å². The molecular formula is C9H11N3O2. The Kier molecular flexibility index (Phi) is 3.49. The first-order chi connectivity index (χ1) is 6.74. The summed E-state index contributed by atoms with van der Waals surface area (Å²) in [4.78, 5) is 20.9. The minimum absolute atomic E-state index is 0.0625. The first kappa shape index (κ1) is 10.0. The minimum Gasteiger partial charge on any atom is -0.350 e. The van der Waals surface area contributed by atoms with Gasteiger partial charge in [-0.2, -0.15) is 0 Å². The summed E-state index contributed by atoms with van der Waals surface area (Å²) < 4.78 is 0. The number of hydrazine groups is 1. The third kappa shape index (κ3) is 2.78. The van der Waals surface area contributed by atoms with E-state index in [1.807, 2.05) is 6.07 Å². The second kappa shape index (κ2) is 4.86. The standard InChI is InChI=1S/C9H11N3O2/c10-9(14)11-12(6-7-13)8-4-2-1-3-5-8/h1-5,7H,6H2,(H3,10,11,14). The molecule has 14 heavy (non-hydrogen) atoms. The van der Waals surface area contributed by atoms with E-state index in [4.69, 9.17) is 5.73 Å². The predicted molar refractivity (Wildman–Crippen MR) is 52.6 cm³/mol. The van der Waals surface area contributed by atoms with Crippen LogP contribution in [0.3, 0.4) is 0 Å². The van der Waals surface area contributed by atoms with E-state index in [0.717, 1.165) is 0 Å². The van der Waals surface area contributed by atoms with Crippen molar-refractivity contribution in [3.05, 3.63) is 30.3 Å². The molecule has 5 nitrogen and oxygen atoms in total. The van der Waals surface area contributed by atoms with E-state index in [9.17, 15) is 9.59 Å². The number of nitrogens with one attached hydrogen (secondary N) is 1. The summed E-state index contributed by atoms with van der Waals surface area (Å²) in [5.41, 5.74) is 8.00. The lowest BCUT2D eigenvalue weighted by Crippen LogP contribution is -2.46. The number of rotatable bonds is 4. The fourth-order valence-corrected chi connectivity index (χ4v) is 1.03. The quantitative estimate of drug-likeness (QED) is 0.532. The number of carbonyl (C=O) groups is 2. The molecule has 1 aromatic rings. The van der Waals surface area contributed by atoms with Crippen LogP contribution in [0.25, 0.3) is 0 Å². The number of primary amides is 1. The fraction of sp³-hybridized carbons (Fsp3) is 0.111. The van der Waals surface area contributed by atoms with E-state index in [1.165, 1.54) is 5.01 Å². The molecule has 0 aliphatic carbocycles. The van der Waals surface area contributed by atoms with Gasteiger partial charge in [0, 0.05) is 0 Å². The molecule has 0 radical (unpaired) electrons. The number of nitrogens with zero attached hydrogens (tertiary/aromatic N) is 1. The second-order valence-electron chi connectivity index (χ2n) is 2.59. The Bertz CT molecular complexity index is 313. The van der Waals surface area contributed by atoms with Gasteiger partial charge in [-0.05, 0) is 12.1 Å². The number of benzene rings is 1. The van der Waals surface area contributed by atoms with Crippen molar-refractivity contribution in [1.82, 2.24) is 5.43 Å². The van der Waals surface area contributed by atoms with Crippen LogP contribution in [0.2, 0.25) is 0 Å². The number of urea groups is 1. The summed E-state index contributed by atoms with van der Waals surface area (Å²) in [7, 11) is 0. The highest BCUT2D eigenvalue weighted by atomic mass is 16.2. The molecule has 0 spiro atoms. The van der Waals surface area contributed by atoms with Gasteiger partial charge in [-0.15, -0.1) is 0 Å². The number of para-hydroxylation sites is 1.